The van der Waals surface area contributed by atoms with E-state index in [1.54, 1.807) is 0 Å². The Morgan fingerprint density at radius 1 is 1.30 bits per heavy atom. The molecule has 0 saturated carbocycles. The predicted molar refractivity (Wildman–Crippen MR) is 77.7 cm³/mol. The average molecular weight is 295 g/mol. The lowest BCUT2D eigenvalue weighted by atomic mass is 9.87. The fourth-order valence-corrected chi connectivity index (χ4v) is 1.93. The van der Waals surface area contributed by atoms with Gasteiger partial charge in [-0.1, -0.05) is 55.7 Å². The second kappa shape index (κ2) is 5.94. The van der Waals surface area contributed by atoms with Crippen LogP contribution in [0.1, 0.15) is 38.0 Å². The second-order valence-electron chi connectivity index (χ2n) is 5.96. The van der Waals surface area contributed by atoms with Gasteiger partial charge in [-0.2, -0.15) is 4.98 Å². The number of halogens is 1. The minimum Gasteiger partial charge on any atom is -0.392 e. The Kier molecular flexibility index (Phi) is 4.45. The van der Waals surface area contributed by atoms with Gasteiger partial charge in [-0.05, 0) is 17.0 Å². The number of benzene rings is 1. The zero-order chi connectivity index (χ0) is 14.8. The van der Waals surface area contributed by atoms with Crippen LogP contribution in [0.3, 0.4) is 0 Å². The number of nitrogens with zero attached hydrogens (tertiary/aromatic N) is 2. The van der Waals surface area contributed by atoms with Gasteiger partial charge >= 0.3 is 0 Å². The van der Waals surface area contributed by atoms with Crippen LogP contribution < -0.4 is 0 Å². The summed E-state index contributed by atoms with van der Waals surface area (Å²) in [5.74, 6) is 1.03. The highest BCUT2D eigenvalue weighted by molar-refractivity contribution is 6.31. The molecule has 0 aliphatic heterocycles. The second-order valence-corrected chi connectivity index (χ2v) is 6.37. The van der Waals surface area contributed by atoms with Crippen molar-refractivity contribution in [2.24, 2.45) is 5.41 Å². The predicted octanol–water partition coefficient (Wildman–Crippen LogP) is 3.26. The number of hydrogen-bond donors (Lipinski definition) is 1. The first-order chi connectivity index (χ1) is 9.36. The molecule has 0 aliphatic carbocycles. The Hall–Kier alpha value is -1.39. The standard InChI is InChI=1S/C15H19ClN2O2/c1-15(2,3)12(19)9-14-17-13(18-20-14)8-10-6-4-5-7-11(10)16/h4-7,12,19H,8-9H2,1-3H3. The fourth-order valence-electron chi connectivity index (χ4n) is 1.73. The summed E-state index contributed by atoms with van der Waals surface area (Å²) in [4.78, 5) is 4.30. The topological polar surface area (TPSA) is 59.2 Å². The normalized spacial score (nSPS) is 13.4. The summed E-state index contributed by atoms with van der Waals surface area (Å²) in [6.07, 6.45) is 0.365. The molecule has 0 saturated heterocycles. The van der Waals surface area contributed by atoms with Crippen LogP contribution in [0.25, 0.3) is 0 Å². The number of aromatic nitrogens is 2. The SMILES string of the molecule is CC(C)(C)C(O)Cc1nc(Cc2ccccc2Cl)no1. The molecule has 0 amide bonds. The van der Waals surface area contributed by atoms with Crippen LogP contribution in [-0.4, -0.2) is 21.4 Å². The van der Waals surface area contributed by atoms with Crippen LogP contribution in [-0.2, 0) is 12.8 Å². The quantitative estimate of drug-likeness (QED) is 0.940. The largest absolute Gasteiger partial charge is 0.392 e. The molecule has 2 aromatic rings. The molecule has 1 N–H and O–H groups in total. The molecule has 4 nitrogen and oxygen atoms in total. The Morgan fingerprint density at radius 2 is 2.00 bits per heavy atom. The molecule has 2 rings (SSSR count). The highest BCUT2D eigenvalue weighted by Crippen LogP contribution is 2.22. The van der Waals surface area contributed by atoms with Crippen LogP contribution >= 0.6 is 11.6 Å². The van der Waals surface area contributed by atoms with Crippen molar-refractivity contribution in [2.75, 3.05) is 0 Å². The Bertz CT molecular complexity index is 575. The summed E-state index contributed by atoms with van der Waals surface area (Å²) < 4.78 is 5.18. The Morgan fingerprint density at radius 3 is 2.65 bits per heavy atom. The number of rotatable bonds is 4. The first-order valence-corrected chi connectivity index (χ1v) is 6.97. The molecule has 0 spiro atoms. The van der Waals surface area contributed by atoms with Gasteiger partial charge in [0.05, 0.1) is 12.5 Å². The van der Waals surface area contributed by atoms with E-state index in [-0.39, 0.29) is 5.41 Å². The maximum atomic E-state index is 10.0. The summed E-state index contributed by atoms with van der Waals surface area (Å²) in [5, 5.41) is 14.7. The van der Waals surface area contributed by atoms with Crippen molar-refractivity contribution < 1.29 is 9.63 Å². The van der Waals surface area contributed by atoms with E-state index in [0.717, 1.165) is 5.56 Å². The lowest BCUT2D eigenvalue weighted by Crippen LogP contribution is -2.28. The van der Waals surface area contributed by atoms with E-state index in [1.165, 1.54) is 0 Å². The molecule has 108 valence electrons. The molecule has 1 unspecified atom stereocenters. The summed E-state index contributed by atoms with van der Waals surface area (Å²) >= 11 is 6.10. The van der Waals surface area contributed by atoms with E-state index in [1.807, 2.05) is 45.0 Å². The lowest BCUT2D eigenvalue weighted by molar-refractivity contribution is 0.0565. The fraction of sp³-hybridized carbons (Fsp3) is 0.467. The van der Waals surface area contributed by atoms with Gasteiger partial charge in [0.15, 0.2) is 5.82 Å². The van der Waals surface area contributed by atoms with Gasteiger partial charge in [0, 0.05) is 11.4 Å². The zero-order valence-corrected chi connectivity index (χ0v) is 12.7. The maximum absolute atomic E-state index is 10.0. The molecule has 0 aliphatic rings. The van der Waals surface area contributed by atoms with Crippen molar-refractivity contribution in [2.45, 2.75) is 39.7 Å². The third kappa shape index (κ3) is 3.81. The van der Waals surface area contributed by atoms with Crippen molar-refractivity contribution >= 4 is 11.6 Å². The van der Waals surface area contributed by atoms with E-state index in [0.29, 0.717) is 29.6 Å². The van der Waals surface area contributed by atoms with Crippen molar-refractivity contribution in [3.05, 3.63) is 46.6 Å². The van der Waals surface area contributed by atoms with Gasteiger partial charge in [-0.25, -0.2) is 0 Å². The van der Waals surface area contributed by atoms with Gasteiger partial charge in [0.2, 0.25) is 5.89 Å². The summed E-state index contributed by atoms with van der Waals surface area (Å²) in [7, 11) is 0. The number of aliphatic hydroxyl groups is 1. The third-order valence-corrected chi connectivity index (χ3v) is 3.55. The molecule has 1 atom stereocenters. The van der Waals surface area contributed by atoms with E-state index in [2.05, 4.69) is 10.1 Å². The van der Waals surface area contributed by atoms with Crippen LogP contribution in [0.4, 0.5) is 0 Å². The Balaban J connectivity index is 2.05. The molecule has 0 bridgehead atoms. The van der Waals surface area contributed by atoms with Gasteiger partial charge in [0.25, 0.3) is 0 Å². The first kappa shape index (κ1) is 15.0. The smallest absolute Gasteiger partial charge is 0.229 e. The molecule has 0 fully saturated rings. The first-order valence-electron chi connectivity index (χ1n) is 6.59. The molecule has 20 heavy (non-hydrogen) atoms. The van der Waals surface area contributed by atoms with Gasteiger partial charge in [-0.3, -0.25) is 0 Å². The molecular formula is C15H19ClN2O2. The monoisotopic (exact) mass is 294 g/mol. The minimum atomic E-state index is -0.517. The van der Waals surface area contributed by atoms with E-state index in [9.17, 15) is 5.11 Å². The molecule has 0 radical (unpaired) electrons. The van der Waals surface area contributed by atoms with Crippen molar-refractivity contribution in [3.63, 3.8) is 0 Å². The average Bonchev–Trinajstić information content (AvgIpc) is 2.78. The zero-order valence-electron chi connectivity index (χ0n) is 11.9. The highest BCUT2D eigenvalue weighted by atomic mass is 35.5. The van der Waals surface area contributed by atoms with Crippen molar-refractivity contribution in [3.8, 4) is 0 Å². The van der Waals surface area contributed by atoms with Crippen LogP contribution in [0.15, 0.2) is 28.8 Å². The van der Waals surface area contributed by atoms with Crippen molar-refractivity contribution in [1.82, 2.24) is 10.1 Å². The maximum Gasteiger partial charge on any atom is 0.229 e. The summed E-state index contributed by atoms with van der Waals surface area (Å²) in [5.41, 5.74) is 0.745. The van der Waals surface area contributed by atoms with Gasteiger partial charge in [-0.15, -0.1) is 0 Å². The molecule has 1 aromatic heterocycles. The summed E-state index contributed by atoms with van der Waals surface area (Å²) in [6.45, 7) is 5.91. The highest BCUT2D eigenvalue weighted by Gasteiger charge is 2.24. The van der Waals surface area contributed by atoms with Crippen molar-refractivity contribution in [1.29, 1.82) is 0 Å². The lowest BCUT2D eigenvalue weighted by Gasteiger charge is -2.24. The molecular weight excluding hydrogens is 276 g/mol. The van der Waals surface area contributed by atoms with E-state index in [4.69, 9.17) is 16.1 Å². The molecule has 5 heteroatoms. The molecule has 1 aromatic carbocycles. The third-order valence-electron chi connectivity index (χ3n) is 3.18. The Labute approximate surface area is 123 Å². The number of hydrogen-bond acceptors (Lipinski definition) is 4. The summed E-state index contributed by atoms with van der Waals surface area (Å²) in [6, 6.07) is 7.57. The van der Waals surface area contributed by atoms with Gasteiger partial charge in [0.1, 0.15) is 0 Å². The van der Waals surface area contributed by atoms with E-state index >= 15 is 0 Å². The number of aliphatic hydroxyl groups excluding tert-OH is 1. The van der Waals surface area contributed by atoms with Crippen LogP contribution in [0.5, 0.6) is 0 Å². The van der Waals surface area contributed by atoms with E-state index < -0.39 is 6.10 Å². The van der Waals surface area contributed by atoms with Crippen LogP contribution in [0, 0.1) is 5.41 Å². The minimum absolute atomic E-state index is 0.211. The van der Waals surface area contributed by atoms with Crippen LogP contribution in [0.2, 0.25) is 5.02 Å². The van der Waals surface area contributed by atoms with Gasteiger partial charge < -0.3 is 9.63 Å². The molecule has 1 heterocycles.